The lowest BCUT2D eigenvalue weighted by atomic mass is 10.0. The zero-order valence-corrected chi connectivity index (χ0v) is 13.1. The number of hydrogen-bond acceptors (Lipinski definition) is 6. The number of anilines is 1. The zero-order valence-electron chi connectivity index (χ0n) is 13.1. The van der Waals surface area contributed by atoms with E-state index in [0.717, 1.165) is 37.8 Å². The van der Waals surface area contributed by atoms with Crippen LogP contribution in [-0.2, 0) is 0 Å². The molecule has 0 unspecified atom stereocenters. The number of piperidine rings is 1. The molecule has 1 saturated heterocycles. The molecule has 0 amide bonds. The van der Waals surface area contributed by atoms with Gasteiger partial charge >= 0.3 is 5.97 Å². The van der Waals surface area contributed by atoms with Crippen LogP contribution in [0.1, 0.15) is 39.4 Å². The van der Waals surface area contributed by atoms with Gasteiger partial charge in [0.1, 0.15) is 5.69 Å². The topological polar surface area (TPSA) is 109 Å². The lowest BCUT2D eigenvalue weighted by Gasteiger charge is -2.33. The number of carbonyl (C=O) groups is 2. The molecule has 0 saturated carbocycles. The lowest BCUT2D eigenvalue weighted by molar-refractivity contribution is 0.0689. The number of rotatable bonds is 4. The number of nitrogens with zero attached hydrogens (tertiary/aromatic N) is 3. The first-order valence-electron chi connectivity index (χ1n) is 7.76. The predicted octanol–water partition coefficient (Wildman–Crippen LogP) is 1.33. The van der Waals surface area contributed by atoms with Gasteiger partial charge in [-0.3, -0.25) is 4.79 Å². The second kappa shape index (κ2) is 6.76. The first kappa shape index (κ1) is 16.1. The van der Waals surface area contributed by atoms with Crippen LogP contribution in [0, 0.1) is 0 Å². The van der Waals surface area contributed by atoms with Crippen molar-refractivity contribution in [1.82, 2.24) is 9.97 Å². The number of benzene rings is 1. The first-order chi connectivity index (χ1) is 11.6. The van der Waals surface area contributed by atoms with Crippen molar-refractivity contribution >= 4 is 17.4 Å². The van der Waals surface area contributed by atoms with Crippen LogP contribution in [0.25, 0.3) is 0 Å². The molecule has 7 nitrogen and oxygen atoms in total. The molecule has 0 bridgehead atoms. The number of aromatic nitrogens is 2. The maximum absolute atomic E-state index is 12.8. The van der Waals surface area contributed by atoms with Crippen molar-refractivity contribution in [1.29, 1.82) is 0 Å². The molecule has 1 aliphatic rings. The highest BCUT2D eigenvalue weighted by atomic mass is 16.4. The average Bonchev–Trinajstić information content (AvgIpc) is 2.62. The Balaban J connectivity index is 1.88. The van der Waals surface area contributed by atoms with Crippen molar-refractivity contribution in [2.75, 3.05) is 18.0 Å². The van der Waals surface area contributed by atoms with Gasteiger partial charge in [-0.1, -0.05) is 12.1 Å². The van der Waals surface area contributed by atoms with E-state index in [0.29, 0.717) is 5.56 Å². The van der Waals surface area contributed by atoms with Crippen LogP contribution in [0.3, 0.4) is 0 Å². The summed E-state index contributed by atoms with van der Waals surface area (Å²) in [5, 5.41) is 8.86. The SMILES string of the molecule is NC1CCN(c2ccccc2C(=O)c2cnc(C(=O)O)cn2)CC1. The van der Waals surface area contributed by atoms with Crippen molar-refractivity contribution in [2.45, 2.75) is 18.9 Å². The van der Waals surface area contributed by atoms with Gasteiger partial charge in [-0.25, -0.2) is 14.8 Å². The van der Waals surface area contributed by atoms with Gasteiger partial charge in [0.2, 0.25) is 5.78 Å². The fourth-order valence-corrected chi connectivity index (χ4v) is 2.78. The molecule has 1 aromatic carbocycles. The number of nitrogens with two attached hydrogens (primary N) is 1. The Morgan fingerprint density at radius 1 is 1.08 bits per heavy atom. The summed E-state index contributed by atoms with van der Waals surface area (Å²) in [4.78, 5) is 33.4. The molecule has 1 aliphatic heterocycles. The number of aromatic carboxylic acids is 1. The molecule has 7 heteroatoms. The van der Waals surface area contributed by atoms with E-state index in [1.807, 2.05) is 12.1 Å². The minimum Gasteiger partial charge on any atom is -0.476 e. The van der Waals surface area contributed by atoms with Crippen molar-refractivity contribution in [3.8, 4) is 0 Å². The summed E-state index contributed by atoms with van der Waals surface area (Å²) in [5.41, 5.74) is 7.26. The van der Waals surface area contributed by atoms with Gasteiger partial charge < -0.3 is 15.7 Å². The van der Waals surface area contributed by atoms with Crippen LogP contribution in [0.2, 0.25) is 0 Å². The third kappa shape index (κ3) is 3.26. The van der Waals surface area contributed by atoms with Crippen LogP contribution >= 0.6 is 0 Å². The van der Waals surface area contributed by atoms with Crippen molar-refractivity contribution in [3.63, 3.8) is 0 Å². The van der Waals surface area contributed by atoms with Crippen molar-refractivity contribution in [3.05, 3.63) is 53.6 Å². The molecule has 124 valence electrons. The molecule has 0 radical (unpaired) electrons. The lowest BCUT2D eigenvalue weighted by Crippen LogP contribution is -2.40. The van der Waals surface area contributed by atoms with Gasteiger partial charge in [-0.15, -0.1) is 0 Å². The second-order valence-electron chi connectivity index (χ2n) is 5.76. The number of carboxylic acids is 1. The van der Waals surface area contributed by atoms with Crippen LogP contribution in [0.5, 0.6) is 0 Å². The Hall–Kier alpha value is -2.80. The maximum atomic E-state index is 12.8. The van der Waals surface area contributed by atoms with E-state index in [2.05, 4.69) is 14.9 Å². The van der Waals surface area contributed by atoms with E-state index in [-0.39, 0.29) is 23.2 Å². The number of ketones is 1. The van der Waals surface area contributed by atoms with E-state index in [4.69, 9.17) is 10.8 Å². The number of para-hydroxylation sites is 1. The van der Waals surface area contributed by atoms with Gasteiger partial charge in [-0.2, -0.15) is 0 Å². The Morgan fingerprint density at radius 3 is 2.33 bits per heavy atom. The number of carbonyl (C=O) groups excluding carboxylic acids is 1. The van der Waals surface area contributed by atoms with Crippen molar-refractivity contribution in [2.24, 2.45) is 5.73 Å². The molecule has 2 heterocycles. The number of carboxylic acid groups (broad SMARTS) is 1. The zero-order chi connectivity index (χ0) is 17.1. The standard InChI is InChI=1S/C17H18N4O3/c18-11-5-7-21(8-6-11)15-4-2-1-3-12(15)16(22)13-9-20-14(10-19-13)17(23)24/h1-4,9-11H,5-8,18H2,(H,23,24). The molecule has 1 aromatic heterocycles. The average molecular weight is 326 g/mol. The maximum Gasteiger partial charge on any atom is 0.356 e. The molecule has 2 aromatic rings. The van der Waals surface area contributed by atoms with E-state index in [1.165, 1.54) is 6.20 Å². The molecule has 3 N–H and O–H groups in total. The summed E-state index contributed by atoms with van der Waals surface area (Å²) in [5.74, 6) is -1.45. The Labute approximate surface area is 139 Å². The molecular weight excluding hydrogens is 308 g/mol. The number of hydrogen-bond donors (Lipinski definition) is 2. The minimum atomic E-state index is -1.17. The highest BCUT2D eigenvalue weighted by Gasteiger charge is 2.22. The highest BCUT2D eigenvalue weighted by molar-refractivity contribution is 6.11. The fourth-order valence-electron chi connectivity index (χ4n) is 2.78. The van der Waals surface area contributed by atoms with Gasteiger partial charge in [0.15, 0.2) is 5.69 Å². The highest BCUT2D eigenvalue weighted by Crippen LogP contribution is 2.25. The Morgan fingerprint density at radius 2 is 1.71 bits per heavy atom. The van der Waals surface area contributed by atoms with E-state index < -0.39 is 5.97 Å². The Bertz CT molecular complexity index is 753. The summed E-state index contributed by atoms with van der Waals surface area (Å²) in [7, 11) is 0. The monoisotopic (exact) mass is 326 g/mol. The molecule has 3 rings (SSSR count). The molecular formula is C17H18N4O3. The summed E-state index contributed by atoms with van der Waals surface area (Å²) >= 11 is 0. The van der Waals surface area contributed by atoms with E-state index >= 15 is 0 Å². The summed E-state index contributed by atoms with van der Waals surface area (Å²) in [6, 6.07) is 7.55. The van der Waals surface area contributed by atoms with Gasteiger partial charge in [0.25, 0.3) is 0 Å². The van der Waals surface area contributed by atoms with E-state index in [9.17, 15) is 9.59 Å². The Kier molecular flexibility index (Phi) is 4.52. The smallest absolute Gasteiger partial charge is 0.356 e. The summed E-state index contributed by atoms with van der Waals surface area (Å²) < 4.78 is 0. The third-order valence-corrected chi connectivity index (χ3v) is 4.13. The van der Waals surface area contributed by atoms with E-state index in [1.54, 1.807) is 12.1 Å². The molecule has 0 spiro atoms. The molecule has 1 fully saturated rings. The quantitative estimate of drug-likeness (QED) is 0.816. The molecule has 0 atom stereocenters. The fraction of sp³-hybridized carbons (Fsp3) is 0.294. The second-order valence-corrected chi connectivity index (χ2v) is 5.76. The summed E-state index contributed by atoms with van der Waals surface area (Å²) in [6.45, 7) is 1.60. The first-order valence-corrected chi connectivity index (χ1v) is 7.76. The van der Waals surface area contributed by atoms with Crippen LogP contribution in [0.15, 0.2) is 36.7 Å². The largest absolute Gasteiger partial charge is 0.476 e. The summed E-state index contributed by atoms with van der Waals surface area (Å²) in [6.07, 6.45) is 4.07. The minimum absolute atomic E-state index is 0.126. The third-order valence-electron chi connectivity index (χ3n) is 4.13. The predicted molar refractivity (Wildman–Crippen MR) is 88.3 cm³/mol. The molecule has 24 heavy (non-hydrogen) atoms. The normalized spacial score (nSPS) is 15.3. The van der Waals surface area contributed by atoms with Crippen LogP contribution in [0.4, 0.5) is 5.69 Å². The van der Waals surface area contributed by atoms with Crippen molar-refractivity contribution < 1.29 is 14.7 Å². The van der Waals surface area contributed by atoms with Gasteiger partial charge in [0, 0.05) is 30.4 Å². The van der Waals surface area contributed by atoms with Gasteiger partial charge in [-0.05, 0) is 25.0 Å². The van der Waals surface area contributed by atoms with Crippen LogP contribution < -0.4 is 10.6 Å². The van der Waals surface area contributed by atoms with Crippen LogP contribution in [-0.4, -0.2) is 46.0 Å². The molecule has 0 aliphatic carbocycles. The van der Waals surface area contributed by atoms with Gasteiger partial charge in [0.05, 0.1) is 12.4 Å².